The molecule has 142 valence electrons. The fourth-order valence-electron chi connectivity index (χ4n) is 3.36. The van der Waals surface area contributed by atoms with Crippen molar-refractivity contribution in [3.05, 3.63) is 84.2 Å². The van der Waals surface area contributed by atoms with Crippen LogP contribution in [0, 0.1) is 0 Å². The van der Waals surface area contributed by atoms with Crippen LogP contribution in [0.25, 0.3) is 16.7 Å². The summed E-state index contributed by atoms with van der Waals surface area (Å²) in [5.74, 6) is 0.894. The number of aryl methyl sites for hydroxylation is 1. The molecule has 28 heavy (non-hydrogen) atoms. The number of hydrogen-bond acceptors (Lipinski definition) is 2. The molecule has 0 aliphatic carbocycles. The molecule has 0 spiro atoms. The summed E-state index contributed by atoms with van der Waals surface area (Å²) < 4.78 is 7.68. The maximum absolute atomic E-state index is 5.53. The maximum Gasteiger partial charge on any atom is 0.247 e. The average Bonchev–Trinajstić information content (AvgIpc) is 3.17. The molecular formula is C24H26N3O+. The highest BCUT2D eigenvalue weighted by Crippen LogP contribution is 2.19. The largest absolute Gasteiger partial charge is 0.494 e. The SMILES string of the molecule is CCOc1ccc(-[n+]2c[nH]c3cc(NCc4ccc(CC)cc4)ccc32)cc1. The van der Waals surface area contributed by atoms with Gasteiger partial charge in [-0.25, -0.2) is 4.98 Å². The lowest BCUT2D eigenvalue weighted by Gasteiger charge is -2.07. The van der Waals surface area contributed by atoms with E-state index >= 15 is 0 Å². The summed E-state index contributed by atoms with van der Waals surface area (Å²) in [6, 6.07) is 23.4. The third-order valence-corrected chi connectivity index (χ3v) is 4.96. The number of H-pyrrole nitrogens is 1. The lowest BCUT2D eigenvalue weighted by molar-refractivity contribution is -0.567. The molecule has 4 rings (SSSR count). The number of nitrogens with zero attached hydrogens (tertiary/aromatic N) is 1. The lowest BCUT2D eigenvalue weighted by atomic mass is 10.1. The molecular weight excluding hydrogens is 346 g/mol. The zero-order chi connectivity index (χ0) is 19.3. The minimum absolute atomic E-state index is 0.679. The number of nitrogens with one attached hydrogen (secondary N) is 2. The van der Waals surface area contributed by atoms with Crippen LogP contribution in [0.1, 0.15) is 25.0 Å². The second kappa shape index (κ2) is 8.17. The number of fused-ring (bicyclic) bond motifs is 1. The number of rotatable bonds is 7. The van der Waals surface area contributed by atoms with E-state index in [4.69, 9.17) is 4.74 Å². The zero-order valence-corrected chi connectivity index (χ0v) is 16.4. The van der Waals surface area contributed by atoms with E-state index in [-0.39, 0.29) is 0 Å². The zero-order valence-electron chi connectivity index (χ0n) is 16.4. The molecule has 0 unspecified atom stereocenters. The summed E-state index contributed by atoms with van der Waals surface area (Å²) in [5, 5.41) is 3.52. The first-order chi connectivity index (χ1) is 13.8. The van der Waals surface area contributed by atoms with Gasteiger partial charge in [-0.1, -0.05) is 31.2 Å². The Balaban J connectivity index is 1.50. The molecule has 1 heterocycles. The predicted octanol–water partition coefficient (Wildman–Crippen LogP) is 5.02. The first kappa shape index (κ1) is 18.1. The lowest BCUT2D eigenvalue weighted by Crippen LogP contribution is -2.28. The molecule has 0 bridgehead atoms. The van der Waals surface area contributed by atoms with Gasteiger partial charge in [-0.05, 0) is 60.9 Å². The van der Waals surface area contributed by atoms with Crippen LogP contribution >= 0.6 is 0 Å². The fourth-order valence-corrected chi connectivity index (χ4v) is 3.36. The third-order valence-electron chi connectivity index (χ3n) is 4.96. The highest BCUT2D eigenvalue weighted by Gasteiger charge is 2.12. The molecule has 0 amide bonds. The van der Waals surface area contributed by atoms with Crippen LogP contribution in [0.3, 0.4) is 0 Å². The minimum atomic E-state index is 0.679. The van der Waals surface area contributed by atoms with E-state index in [1.807, 2.05) is 25.4 Å². The van der Waals surface area contributed by atoms with Gasteiger partial charge in [-0.15, -0.1) is 0 Å². The fraction of sp³-hybridized carbons (Fsp3) is 0.208. The van der Waals surface area contributed by atoms with Crippen LogP contribution < -0.4 is 14.6 Å². The first-order valence-electron chi connectivity index (χ1n) is 9.84. The quantitative estimate of drug-likeness (QED) is 0.447. The van der Waals surface area contributed by atoms with Crippen molar-refractivity contribution in [1.82, 2.24) is 4.98 Å². The number of anilines is 1. The van der Waals surface area contributed by atoms with E-state index < -0.39 is 0 Å². The number of aromatic nitrogens is 2. The summed E-state index contributed by atoms with van der Waals surface area (Å²) in [6.07, 6.45) is 3.07. The van der Waals surface area contributed by atoms with Gasteiger partial charge in [0.05, 0.1) is 6.61 Å². The molecule has 0 atom stereocenters. The van der Waals surface area contributed by atoms with Gasteiger partial charge in [-0.3, -0.25) is 0 Å². The molecule has 0 aliphatic heterocycles. The number of hydrogen-bond donors (Lipinski definition) is 2. The summed E-state index contributed by atoms with van der Waals surface area (Å²) >= 11 is 0. The molecule has 4 nitrogen and oxygen atoms in total. The second-order valence-electron chi connectivity index (χ2n) is 6.83. The maximum atomic E-state index is 5.53. The van der Waals surface area contributed by atoms with Gasteiger partial charge < -0.3 is 10.1 Å². The molecule has 2 N–H and O–H groups in total. The van der Waals surface area contributed by atoms with Crippen molar-refractivity contribution in [2.24, 2.45) is 0 Å². The Morgan fingerprint density at radius 3 is 2.36 bits per heavy atom. The Labute approximate surface area is 165 Å². The standard InChI is InChI=1S/C24H25N3O/c1-3-18-5-7-19(8-6-18)16-25-20-9-14-24-23(15-20)26-17-27(24)21-10-12-22(13-11-21)28-4-2/h5-15,17,25H,3-4,16H2,1-2H3/p+1. The highest BCUT2D eigenvalue weighted by atomic mass is 16.5. The number of benzene rings is 3. The summed E-state index contributed by atoms with van der Waals surface area (Å²) in [5.41, 5.74) is 7.10. The van der Waals surface area contributed by atoms with Crippen LogP contribution in [0.4, 0.5) is 5.69 Å². The van der Waals surface area contributed by atoms with Gasteiger partial charge in [0.25, 0.3) is 0 Å². The van der Waals surface area contributed by atoms with Gasteiger partial charge in [0.15, 0.2) is 11.0 Å². The van der Waals surface area contributed by atoms with Crippen LogP contribution in [0.15, 0.2) is 73.1 Å². The molecule has 4 aromatic rings. The molecule has 0 saturated heterocycles. The first-order valence-corrected chi connectivity index (χ1v) is 9.84. The van der Waals surface area contributed by atoms with E-state index in [1.54, 1.807) is 0 Å². The minimum Gasteiger partial charge on any atom is -0.494 e. The molecule has 1 aromatic heterocycles. The Kier molecular flexibility index (Phi) is 5.29. The van der Waals surface area contributed by atoms with Crippen molar-refractivity contribution in [2.75, 3.05) is 11.9 Å². The van der Waals surface area contributed by atoms with Crippen molar-refractivity contribution in [2.45, 2.75) is 26.8 Å². The van der Waals surface area contributed by atoms with E-state index in [0.29, 0.717) is 6.61 Å². The third kappa shape index (κ3) is 3.86. The van der Waals surface area contributed by atoms with Gasteiger partial charge >= 0.3 is 0 Å². The van der Waals surface area contributed by atoms with Crippen molar-refractivity contribution in [3.63, 3.8) is 0 Å². The van der Waals surface area contributed by atoms with Crippen LogP contribution in [0.5, 0.6) is 5.75 Å². The summed E-state index contributed by atoms with van der Waals surface area (Å²) in [6.45, 7) is 5.67. The smallest absolute Gasteiger partial charge is 0.247 e. The van der Waals surface area contributed by atoms with Gasteiger partial charge in [0, 0.05) is 18.3 Å². The highest BCUT2D eigenvalue weighted by molar-refractivity contribution is 5.76. The van der Waals surface area contributed by atoms with Gasteiger partial charge in [-0.2, -0.15) is 4.57 Å². The Hall–Kier alpha value is -3.27. The average molecular weight is 372 g/mol. The molecule has 0 fully saturated rings. The number of imidazole rings is 1. The van der Waals surface area contributed by atoms with E-state index in [2.05, 4.69) is 76.4 Å². The second-order valence-corrected chi connectivity index (χ2v) is 6.83. The predicted molar refractivity (Wildman–Crippen MR) is 114 cm³/mol. The topological polar surface area (TPSA) is 40.9 Å². The van der Waals surface area contributed by atoms with E-state index in [1.165, 1.54) is 11.1 Å². The monoisotopic (exact) mass is 372 g/mol. The molecule has 3 aromatic carbocycles. The summed E-state index contributed by atoms with van der Waals surface area (Å²) in [4.78, 5) is 3.37. The van der Waals surface area contributed by atoms with E-state index in [0.717, 1.165) is 41.1 Å². The Bertz CT molecular complexity index is 1050. The van der Waals surface area contributed by atoms with Crippen molar-refractivity contribution in [1.29, 1.82) is 0 Å². The summed E-state index contributed by atoms with van der Waals surface area (Å²) in [7, 11) is 0. The molecule has 0 radical (unpaired) electrons. The van der Waals surface area contributed by atoms with E-state index in [9.17, 15) is 0 Å². The van der Waals surface area contributed by atoms with Crippen molar-refractivity contribution in [3.8, 4) is 11.4 Å². The normalized spacial score (nSPS) is 10.9. The number of aromatic amines is 1. The van der Waals surface area contributed by atoms with Crippen molar-refractivity contribution < 1.29 is 9.30 Å². The Morgan fingerprint density at radius 1 is 0.893 bits per heavy atom. The van der Waals surface area contributed by atoms with Crippen LogP contribution in [-0.4, -0.2) is 11.6 Å². The van der Waals surface area contributed by atoms with Crippen LogP contribution in [0.2, 0.25) is 0 Å². The molecule has 0 aliphatic rings. The van der Waals surface area contributed by atoms with Gasteiger partial charge in [0.1, 0.15) is 11.4 Å². The number of ether oxygens (including phenoxy) is 1. The van der Waals surface area contributed by atoms with Crippen molar-refractivity contribution >= 4 is 16.7 Å². The van der Waals surface area contributed by atoms with Gasteiger partial charge in [0.2, 0.25) is 6.33 Å². The molecule has 4 heteroatoms. The molecule has 0 saturated carbocycles. The van der Waals surface area contributed by atoms with Crippen LogP contribution in [-0.2, 0) is 13.0 Å². The Morgan fingerprint density at radius 2 is 1.64 bits per heavy atom.